The van der Waals surface area contributed by atoms with Crippen molar-refractivity contribution >= 4 is 0 Å². The van der Waals surface area contributed by atoms with Crippen molar-refractivity contribution < 1.29 is 5.11 Å². The summed E-state index contributed by atoms with van der Waals surface area (Å²) in [5.41, 5.74) is 1.33. The van der Waals surface area contributed by atoms with Crippen molar-refractivity contribution in [2.24, 2.45) is 11.8 Å². The van der Waals surface area contributed by atoms with Gasteiger partial charge in [-0.3, -0.25) is 0 Å². The molecule has 0 aromatic rings. The zero-order valence-corrected chi connectivity index (χ0v) is 8.64. The number of rotatable bonds is 6. The van der Waals surface area contributed by atoms with Crippen LogP contribution in [0.5, 0.6) is 0 Å². The smallest absolute Gasteiger partial charge is 0.0433 e. The van der Waals surface area contributed by atoms with Gasteiger partial charge in [-0.15, -0.1) is 0 Å². The molecular weight excluding hydrogens is 148 g/mol. The van der Waals surface area contributed by atoms with E-state index in [1.165, 1.54) is 5.57 Å². The molecule has 0 aliphatic carbocycles. The summed E-state index contributed by atoms with van der Waals surface area (Å²) in [5, 5.41) is 8.69. The lowest BCUT2D eigenvalue weighted by Gasteiger charge is -2.12. The van der Waals surface area contributed by atoms with E-state index in [0.29, 0.717) is 18.4 Å². The number of allylic oxidation sites excluding steroid dienone is 1. The summed E-state index contributed by atoms with van der Waals surface area (Å²) in [6, 6.07) is 0. The predicted octanol–water partition coefficient (Wildman–Crippen LogP) is 3.00. The largest absolute Gasteiger partial charge is 0.396 e. The average Bonchev–Trinajstić information content (AvgIpc) is 2.00. The van der Waals surface area contributed by atoms with Crippen LogP contribution >= 0.6 is 0 Å². The van der Waals surface area contributed by atoms with Crippen LogP contribution in [0.1, 0.15) is 40.0 Å². The Hall–Kier alpha value is -0.300. The third-order valence-electron chi connectivity index (χ3n) is 2.40. The molecule has 0 aromatic carbocycles. The highest BCUT2D eigenvalue weighted by Gasteiger charge is 2.04. The van der Waals surface area contributed by atoms with Crippen LogP contribution < -0.4 is 0 Å². The van der Waals surface area contributed by atoms with Gasteiger partial charge in [-0.05, 0) is 31.1 Å². The van der Waals surface area contributed by atoms with Crippen molar-refractivity contribution in [1.82, 2.24) is 0 Å². The van der Waals surface area contributed by atoms with Crippen molar-refractivity contribution in [1.29, 1.82) is 0 Å². The molecular formula is C11H22O. The monoisotopic (exact) mass is 170 g/mol. The molecule has 0 aromatic heterocycles. The van der Waals surface area contributed by atoms with E-state index in [1.807, 2.05) is 0 Å². The third-order valence-corrected chi connectivity index (χ3v) is 2.40. The second-order valence-corrected chi connectivity index (χ2v) is 3.97. The molecule has 0 bridgehead atoms. The molecule has 1 N–H and O–H groups in total. The van der Waals surface area contributed by atoms with Gasteiger partial charge in [0.05, 0.1) is 0 Å². The number of aliphatic hydroxyl groups is 1. The zero-order chi connectivity index (χ0) is 9.56. The van der Waals surface area contributed by atoms with Crippen LogP contribution in [-0.2, 0) is 0 Å². The van der Waals surface area contributed by atoms with Gasteiger partial charge in [-0.2, -0.15) is 0 Å². The first-order valence-electron chi connectivity index (χ1n) is 4.86. The minimum Gasteiger partial charge on any atom is -0.396 e. The molecule has 0 rings (SSSR count). The summed E-state index contributed by atoms with van der Waals surface area (Å²) >= 11 is 0. The highest BCUT2D eigenvalue weighted by molar-refractivity contribution is 4.97. The molecule has 12 heavy (non-hydrogen) atoms. The Bertz CT molecular complexity index is 127. The molecule has 1 heteroatoms. The summed E-state index contributed by atoms with van der Waals surface area (Å²) in [6.07, 6.45) is 3.20. The first-order chi connectivity index (χ1) is 5.57. The summed E-state index contributed by atoms with van der Waals surface area (Å²) in [6.45, 7) is 10.9. The minimum absolute atomic E-state index is 0.315. The quantitative estimate of drug-likeness (QED) is 0.608. The van der Waals surface area contributed by atoms with Crippen LogP contribution in [0.3, 0.4) is 0 Å². The van der Waals surface area contributed by atoms with Crippen LogP contribution in [-0.4, -0.2) is 11.7 Å². The fourth-order valence-corrected chi connectivity index (χ4v) is 1.09. The second-order valence-electron chi connectivity index (χ2n) is 3.97. The number of aliphatic hydroxyl groups excluding tert-OH is 1. The van der Waals surface area contributed by atoms with E-state index >= 15 is 0 Å². The first-order valence-corrected chi connectivity index (χ1v) is 4.86. The summed E-state index contributed by atoms with van der Waals surface area (Å²) in [4.78, 5) is 0. The van der Waals surface area contributed by atoms with E-state index in [1.54, 1.807) is 0 Å². The normalized spacial score (nSPS) is 13.4. The van der Waals surface area contributed by atoms with Gasteiger partial charge < -0.3 is 5.11 Å². The molecule has 0 fully saturated rings. The van der Waals surface area contributed by atoms with Gasteiger partial charge in [0, 0.05) is 6.61 Å². The highest BCUT2D eigenvalue weighted by atomic mass is 16.2. The van der Waals surface area contributed by atoms with E-state index < -0.39 is 0 Å². The van der Waals surface area contributed by atoms with Crippen molar-refractivity contribution in [2.45, 2.75) is 40.0 Å². The van der Waals surface area contributed by atoms with Crippen molar-refractivity contribution in [2.75, 3.05) is 6.61 Å². The maximum Gasteiger partial charge on any atom is 0.0433 e. The minimum atomic E-state index is 0.315. The van der Waals surface area contributed by atoms with Crippen LogP contribution in [0.15, 0.2) is 12.2 Å². The zero-order valence-electron chi connectivity index (χ0n) is 8.64. The lowest BCUT2D eigenvalue weighted by Crippen LogP contribution is -2.00. The molecule has 1 nitrogen and oxygen atoms in total. The van der Waals surface area contributed by atoms with Gasteiger partial charge in [0.25, 0.3) is 0 Å². The van der Waals surface area contributed by atoms with Gasteiger partial charge in [-0.25, -0.2) is 0 Å². The number of hydrogen-bond donors (Lipinski definition) is 1. The summed E-state index contributed by atoms with van der Waals surface area (Å²) in [5.74, 6) is 1.23. The molecule has 1 atom stereocenters. The molecule has 0 spiro atoms. The summed E-state index contributed by atoms with van der Waals surface area (Å²) < 4.78 is 0. The molecule has 0 heterocycles. The van der Waals surface area contributed by atoms with Gasteiger partial charge in [0.1, 0.15) is 0 Å². The van der Waals surface area contributed by atoms with Crippen LogP contribution in [0, 0.1) is 11.8 Å². The van der Waals surface area contributed by atoms with Gasteiger partial charge in [-0.1, -0.05) is 32.9 Å². The Balaban J connectivity index is 3.47. The topological polar surface area (TPSA) is 20.2 Å². The van der Waals surface area contributed by atoms with Crippen LogP contribution in [0.4, 0.5) is 0 Å². The van der Waals surface area contributed by atoms with Gasteiger partial charge in [0.2, 0.25) is 0 Å². The Labute approximate surface area is 76.5 Å². The number of hydrogen-bond acceptors (Lipinski definition) is 1. The molecule has 0 aliphatic rings. The Morgan fingerprint density at radius 3 is 2.25 bits per heavy atom. The van der Waals surface area contributed by atoms with Crippen LogP contribution in [0.2, 0.25) is 0 Å². The lowest BCUT2D eigenvalue weighted by molar-refractivity contribution is 0.258. The van der Waals surface area contributed by atoms with Crippen LogP contribution in [0.25, 0.3) is 0 Å². The van der Waals surface area contributed by atoms with Gasteiger partial charge >= 0.3 is 0 Å². The second kappa shape index (κ2) is 6.24. The predicted molar refractivity (Wildman–Crippen MR) is 54.1 cm³/mol. The molecule has 0 aliphatic heterocycles. The maximum atomic E-state index is 8.69. The molecule has 0 saturated carbocycles. The molecule has 72 valence electrons. The standard InChI is InChI=1S/C11H22O/c1-9(2)11(4)6-5-10(3)7-8-12/h9-10,12H,4-8H2,1-3H3/t10-/m1/s1. The molecule has 0 unspecified atom stereocenters. The van der Waals surface area contributed by atoms with Crippen molar-refractivity contribution in [3.05, 3.63) is 12.2 Å². The first kappa shape index (κ1) is 11.7. The maximum absolute atomic E-state index is 8.69. The Kier molecular flexibility index (Phi) is 6.09. The Morgan fingerprint density at radius 2 is 1.83 bits per heavy atom. The van der Waals surface area contributed by atoms with E-state index in [0.717, 1.165) is 19.3 Å². The van der Waals surface area contributed by atoms with Crippen molar-refractivity contribution in [3.63, 3.8) is 0 Å². The van der Waals surface area contributed by atoms with E-state index in [-0.39, 0.29) is 0 Å². The van der Waals surface area contributed by atoms with E-state index in [2.05, 4.69) is 27.4 Å². The SMILES string of the molecule is C=C(CC[C@@H](C)CCO)C(C)C. The average molecular weight is 170 g/mol. The molecule has 0 amide bonds. The van der Waals surface area contributed by atoms with Gasteiger partial charge in [0.15, 0.2) is 0 Å². The Morgan fingerprint density at radius 1 is 1.25 bits per heavy atom. The fraction of sp³-hybridized carbons (Fsp3) is 0.818. The van der Waals surface area contributed by atoms with Crippen molar-refractivity contribution in [3.8, 4) is 0 Å². The molecule has 0 radical (unpaired) electrons. The van der Waals surface area contributed by atoms with E-state index in [4.69, 9.17) is 5.11 Å². The lowest BCUT2D eigenvalue weighted by atomic mass is 9.94. The third kappa shape index (κ3) is 5.36. The summed E-state index contributed by atoms with van der Waals surface area (Å²) in [7, 11) is 0. The fourth-order valence-electron chi connectivity index (χ4n) is 1.09. The van der Waals surface area contributed by atoms with E-state index in [9.17, 15) is 0 Å². The molecule has 0 saturated heterocycles. The highest BCUT2D eigenvalue weighted by Crippen LogP contribution is 2.18.